The van der Waals surface area contributed by atoms with Gasteiger partial charge >= 0.3 is 5.97 Å². The average Bonchev–Trinajstić information content (AvgIpc) is 2.86. The highest BCUT2D eigenvalue weighted by Crippen LogP contribution is 2.37. The van der Waals surface area contributed by atoms with Crippen LogP contribution in [0.1, 0.15) is 34.5 Å². The molecular formula is C31H30N2O4. The average molecular weight is 495 g/mol. The molecule has 1 aliphatic rings. The molecule has 188 valence electrons. The Hall–Kier alpha value is -4.19. The fraction of sp³-hybridized carbons (Fsp3) is 0.258. The van der Waals surface area contributed by atoms with Crippen molar-refractivity contribution in [3.63, 3.8) is 0 Å². The van der Waals surface area contributed by atoms with Gasteiger partial charge in [-0.05, 0) is 91.8 Å². The summed E-state index contributed by atoms with van der Waals surface area (Å²) >= 11 is 0. The third kappa shape index (κ3) is 4.67. The van der Waals surface area contributed by atoms with Gasteiger partial charge in [0, 0.05) is 29.6 Å². The quantitative estimate of drug-likeness (QED) is 0.387. The lowest BCUT2D eigenvalue weighted by atomic mass is 9.89. The number of aliphatic carboxylic acids is 1. The minimum Gasteiger partial charge on any atom is -0.493 e. The number of aryl methyl sites for hydroxylation is 3. The molecule has 3 heterocycles. The highest BCUT2D eigenvalue weighted by Gasteiger charge is 2.23. The maximum atomic E-state index is 13.7. The van der Waals surface area contributed by atoms with Gasteiger partial charge in [0.05, 0.1) is 24.3 Å². The Balaban J connectivity index is 1.74. The van der Waals surface area contributed by atoms with E-state index in [1.165, 1.54) is 4.57 Å². The molecule has 0 spiro atoms. The van der Waals surface area contributed by atoms with E-state index in [4.69, 9.17) is 9.72 Å². The second kappa shape index (κ2) is 9.69. The van der Waals surface area contributed by atoms with E-state index in [-0.39, 0.29) is 12.0 Å². The number of carbonyl (C=O) groups is 1. The van der Waals surface area contributed by atoms with Gasteiger partial charge in [-0.2, -0.15) is 0 Å². The summed E-state index contributed by atoms with van der Waals surface area (Å²) in [5.74, 6) is -0.112. The molecule has 0 aliphatic carbocycles. The molecule has 1 N–H and O–H groups in total. The van der Waals surface area contributed by atoms with E-state index >= 15 is 0 Å². The summed E-state index contributed by atoms with van der Waals surface area (Å²) in [5, 5.41) is 9.69. The summed E-state index contributed by atoms with van der Waals surface area (Å²) in [4.78, 5) is 30.2. The first-order chi connectivity index (χ1) is 17.7. The van der Waals surface area contributed by atoms with Gasteiger partial charge in [-0.25, -0.2) is 0 Å². The Kier molecular flexibility index (Phi) is 6.42. The lowest BCUT2D eigenvalue weighted by Gasteiger charge is -2.22. The van der Waals surface area contributed by atoms with Gasteiger partial charge in [-0.1, -0.05) is 24.3 Å². The number of aromatic nitrogens is 2. The van der Waals surface area contributed by atoms with Crippen molar-refractivity contribution in [1.29, 1.82) is 0 Å². The van der Waals surface area contributed by atoms with Crippen LogP contribution in [-0.4, -0.2) is 27.2 Å². The normalized spacial score (nSPS) is 12.6. The Morgan fingerprint density at radius 3 is 2.51 bits per heavy atom. The Morgan fingerprint density at radius 1 is 1.00 bits per heavy atom. The number of pyridine rings is 2. The third-order valence-electron chi connectivity index (χ3n) is 7.02. The maximum Gasteiger partial charge on any atom is 0.309 e. The largest absolute Gasteiger partial charge is 0.493 e. The minimum absolute atomic E-state index is 0.218. The van der Waals surface area contributed by atoms with Gasteiger partial charge in [0.2, 0.25) is 0 Å². The number of hydrogen-bond donors (Lipinski definition) is 1. The van der Waals surface area contributed by atoms with E-state index in [9.17, 15) is 14.7 Å². The zero-order valence-electron chi connectivity index (χ0n) is 21.6. The summed E-state index contributed by atoms with van der Waals surface area (Å²) in [5.41, 5.74) is 8.98. The molecule has 0 atom stereocenters. The van der Waals surface area contributed by atoms with Crippen molar-refractivity contribution in [3.05, 3.63) is 93.0 Å². The fourth-order valence-electron chi connectivity index (χ4n) is 5.37. The Labute approximate surface area is 216 Å². The summed E-state index contributed by atoms with van der Waals surface area (Å²) in [7, 11) is 1.66. The van der Waals surface area contributed by atoms with Crippen molar-refractivity contribution in [1.82, 2.24) is 9.55 Å². The molecule has 2 aromatic heterocycles. The van der Waals surface area contributed by atoms with Crippen molar-refractivity contribution < 1.29 is 14.6 Å². The third-order valence-corrected chi connectivity index (χ3v) is 7.02. The SMILES string of the molecule is Cc1cc(C)nc(-c2cccc(-c3c(C)c(-c4ccc5c(c4)CCCO5)c(CC(=O)O)n(C)c3=O)c2)c1. The van der Waals surface area contributed by atoms with Crippen LogP contribution >= 0.6 is 0 Å². The molecule has 0 bridgehead atoms. The van der Waals surface area contributed by atoms with E-state index in [2.05, 4.69) is 6.07 Å². The van der Waals surface area contributed by atoms with Crippen LogP contribution < -0.4 is 10.3 Å². The van der Waals surface area contributed by atoms with Gasteiger partial charge in [-0.15, -0.1) is 0 Å². The van der Waals surface area contributed by atoms with Crippen LogP contribution in [-0.2, 0) is 24.7 Å². The number of nitrogens with zero attached hydrogens (tertiary/aromatic N) is 2. The molecule has 0 radical (unpaired) electrons. The molecule has 0 fully saturated rings. The zero-order valence-corrected chi connectivity index (χ0v) is 21.6. The zero-order chi connectivity index (χ0) is 26.3. The topological polar surface area (TPSA) is 81.4 Å². The van der Waals surface area contributed by atoms with Crippen LogP contribution in [0.5, 0.6) is 5.75 Å². The van der Waals surface area contributed by atoms with Crippen LogP contribution in [0.15, 0.2) is 59.4 Å². The molecule has 6 heteroatoms. The first kappa shape index (κ1) is 24.5. The molecule has 0 unspecified atom stereocenters. The summed E-state index contributed by atoms with van der Waals surface area (Å²) in [6, 6.07) is 17.9. The molecule has 0 saturated carbocycles. The monoisotopic (exact) mass is 494 g/mol. The van der Waals surface area contributed by atoms with E-state index in [0.717, 1.165) is 68.9 Å². The van der Waals surface area contributed by atoms with Crippen LogP contribution in [0.3, 0.4) is 0 Å². The number of fused-ring (bicyclic) bond motifs is 1. The predicted molar refractivity (Wildman–Crippen MR) is 145 cm³/mol. The van der Waals surface area contributed by atoms with Gasteiger partial charge < -0.3 is 14.4 Å². The molecule has 5 rings (SSSR count). The van der Waals surface area contributed by atoms with E-state index in [1.807, 2.05) is 69.3 Å². The smallest absolute Gasteiger partial charge is 0.309 e. The summed E-state index contributed by atoms with van der Waals surface area (Å²) < 4.78 is 7.28. The van der Waals surface area contributed by atoms with Crippen LogP contribution in [0, 0.1) is 20.8 Å². The van der Waals surface area contributed by atoms with Crippen LogP contribution in [0.2, 0.25) is 0 Å². The second-order valence-electron chi connectivity index (χ2n) is 9.78. The van der Waals surface area contributed by atoms with Crippen molar-refractivity contribution in [2.75, 3.05) is 6.61 Å². The number of carboxylic acid groups (broad SMARTS) is 1. The van der Waals surface area contributed by atoms with Crippen LogP contribution in [0.25, 0.3) is 33.5 Å². The molecule has 0 saturated heterocycles. The van der Waals surface area contributed by atoms with Crippen molar-refractivity contribution in [2.24, 2.45) is 7.05 Å². The number of benzene rings is 2. The molecule has 0 amide bonds. The highest BCUT2D eigenvalue weighted by atomic mass is 16.5. The van der Waals surface area contributed by atoms with Gasteiger partial charge in [0.25, 0.3) is 5.56 Å². The highest BCUT2D eigenvalue weighted by molar-refractivity contribution is 5.84. The number of hydrogen-bond acceptors (Lipinski definition) is 4. The molecule has 4 aromatic rings. The van der Waals surface area contributed by atoms with E-state index < -0.39 is 5.97 Å². The lowest BCUT2D eigenvalue weighted by Crippen LogP contribution is -2.26. The van der Waals surface area contributed by atoms with Crippen LogP contribution in [0.4, 0.5) is 0 Å². The second-order valence-corrected chi connectivity index (χ2v) is 9.78. The molecule has 37 heavy (non-hydrogen) atoms. The summed E-state index contributed by atoms with van der Waals surface area (Å²) in [6.45, 7) is 6.62. The lowest BCUT2D eigenvalue weighted by molar-refractivity contribution is -0.136. The van der Waals surface area contributed by atoms with Crippen molar-refractivity contribution >= 4 is 5.97 Å². The van der Waals surface area contributed by atoms with E-state index in [0.29, 0.717) is 17.9 Å². The Bertz CT molecular complexity index is 1580. The number of rotatable bonds is 5. The molecule has 2 aromatic carbocycles. The first-order valence-corrected chi connectivity index (χ1v) is 12.5. The van der Waals surface area contributed by atoms with Gasteiger partial charge in [-0.3, -0.25) is 14.6 Å². The maximum absolute atomic E-state index is 13.7. The number of carboxylic acids is 1. The molecular weight excluding hydrogens is 464 g/mol. The minimum atomic E-state index is -0.979. The van der Waals surface area contributed by atoms with Crippen molar-refractivity contribution in [2.45, 2.75) is 40.0 Å². The molecule has 1 aliphatic heterocycles. The van der Waals surface area contributed by atoms with E-state index in [1.54, 1.807) is 7.05 Å². The number of ether oxygens (including phenoxy) is 1. The predicted octanol–water partition coefficient (Wildman–Crippen LogP) is 5.66. The summed E-state index contributed by atoms with van der Waals surface area (Å²) in [6.07, 6.45) is 1.59. The first-order valence-electron chi connectivity index (χ1n) is 12.5. The fourth-order valence-corrected chi connectivity index (χ4v) is 5.37. The van der Waals surface area contributed by atoms with Crippen molar-refractivity contribution in [3.8, 4) is 39.3 Å². The molecule has 6 nitrogen and oxygen atoms in total. The standard InChI is InChI=1S/C31H30N2O4/c1-18-13-19(2)32-25(14-18)21-7-5-8-23(15-21)30-20(3)29(26(17-28(34)35)33(4)31(30)36)24-10-11-27-22(16-24)9-6-12-37-27/h5,7-8,10-11,13-16H,6,9,12,17H2,1-4H3,(H,34,35). The Morgan fingerprint density at radius 2 is 1.76 bits per heavy atom. The van der Waals surface area contributed by atoms with Gasteiger partial charge in [0.1, 0.15) is 5.75 Å². The van der Waals surface area contributed by atoms with Gasteiger partial charge in [0.15, 0.2) is 0 Å².